The second-order valence-corrected chi connectivity index (χ2v) is 6.85. The number of rotatable bonds is 7. The van der Waals surface area contributed by atoms with E-state index in [1.54, 1.807) is 30.2 Å². The minimum Gasteiger partial charge on any atom is -0.497 e. The molecule has 1 atom stereocenters. The van der Waals surface area contributed by atoms with Crippen LogP contribution in [0.2, 0.25) is 0 Å². The van der Waals surface area contributed by atoms with Gasteiger partial charge in [0.2, 0.25) is 5.91 Å². The minimum atomic E-state index is -0.755. The molecule has 0 saturated carbocycles. The Morgan fingerprint density at radius 2 is 1.80 bits per heavy atom. The molecule has 0 aliphatic carbocycles. The van der Waals surface area contributed by atoms with Gasteiger partial charge in [0.1, 0.15) is 17.5 Å². The maximum absolute atomic E-state index is 13.1. The third-order valence-corrected chi connectivity index (χ3v) is 4.86. The number of ether oxygens (including phenoxy) is 3. The van der Waals surface area contributed by atoms with E-state index in [0.29, 0.717) is 49.9 Å². The van der Waals surface area contributed by atoms with Gasteiger partial charge in [0.25, 0.3) is 0 Å². The van der Waals surface area contributed by atoms with Crippen molar-refractivity contribution in [1.82, 2.24) is 10.2 Å². The lowest BCUT2D eigenvalue weighted by molar-refractivity contribution is -0.118. The number of anilines is 1. The summed E-state index contributed by atoms with van der Waals surface area (Å²) >= 11 is 0. The van der Waals surface area contributed by atoms with Gasteiger partial charge in [0, 0.05) is 25.6 Å². The fourth-order valence-corrected chi connectivity index (χ4v) is 3.19. The van der Waals surface area contributed by atoms with Crippen molar-refractivity contribution in [2.24, 2.45) is 0 Å². The van der Waals surface area contributed by atoms with Gasteiger partial charge in [0.15, 0.2) is 0 Å². The number of nitrogens with one attached hydrogen (secondary N) is 2. The van der Waals surface area contributed by atoms with Crippen LogP contribution >= 0.6 is 0 Å². The molecule has 30 heavy (non-hydrogen) atoms. The highest BCUT2D eigenvalue weighted by molar-refractivity contribution is 5.98. The maximum atomic E-state index is 13.1. The molecule has 2 aromatic carbocycles. The smallest absolute Gasteiger partial charge is 0.318 e. The molecule has 1 heterocycles. The van der Waals surface area contributed by atoms with E-state index in [1.165, 1.54) is 7.11 Å². The Hall–Kier alpha value is -3.26. The van der Waals surface area contributed by atoms with Crippen molar-refractivity contribution in [3.63, 3.8) is 0 Å². The van der Waals surface area contributed by atoms with Gasteiger partial charge in [-0.15, -0.1) is 0 Å². The van der Waals surface area contributed by atoms with Crippen molar-refractivity contribution in [2.75, 3.05) is 45.8 Å². The normalized spacial score (nSPS) is 14.5. The molecule has 0 bridgehead atoms. The third kappa shape index (κ3) is 5.64. The summed E-state index contributed by atoms with van der Waals surface area (Å²) in [7, 11) is 3.08. The van der Waals surface area contributed by atoms with Crippen molar-refractivity contribution in [1.29, 1.82) is 0 Å². The number of benzene rings is 2. The lowest BCUT2D eigenvalue weighted by Crippen LogP contribution is -2.53. The minimum absolute atomic E-state index is 0.281. The predicted molar refractivity (Wildman–Crippen MR) is 113 cm³/mol. The highest BCUT2D eigenvalue weighted by atomic mass is 16.5. The summed E-state index contributed by atoms with van der Waals surface area (Å²) in [4.78, 5) is 27.5. The lowest BCUT2D eigenvalue weighted by Gasteiger charge is -2.29. The number of urea groups is 1. The first kappa shape index (κ1) is 21.4. The average molecular weight is 413 g/mol. The highest BCUT2D eigenvalue weighted by Gasteiger charge is 2.26. The molecule has 3 rings (SSSR count). The fraction of sp³-hybridized carbons (Fsp3) is 0.364. The van der Waals surface area contributed by atoms with E-state index in [2.05, 4.69) is 10.6 Å². The van der Waals surface area contributed by atoms with E-state index in [4.69, 9.17) is 14.2 Å². The molecular weight excluding hydrogens is 386 g/mol. The molecule has 8 nitrogen and oxygen atoms in total. The predicted octanol–water partition coefficient (Wildman–Crippen LogP) is 2.30. The molecular formula is C22H27N3O5. The van der Waals surface area contributed by atoms with E-state index in [1.807, 2.05) is 30.3 Å². The van der Waals surface area contributed by atoms with Gasteiger partial charge in [-0.05, 0) is 17.7 Å². The van der Waals surface area contributed by atoms with Gasteiger partial charge < -0.3 is 29.7 Å². The van der Waals surface area contributed by atoms with Crippen LogP contribution in [0.5, 0.6) is 11.5 Å². The van der Waals surface area contributed by atoms with Crippen molar-refractivity contribution < 1.29 is 23.8 Å². The number of hydrogen-bond acceptors (Lipinski definition) is 5. The van der Waals surface area contributed by atoms with Gasteiger partial charge in [-0.1, -0.05) is 30.3 Å². The average Bonchev–Trinajstić information content (AvgIpc) is 2.80. The molecule has 1 saturated heterocycles. The zero-order chi connectivity index (χ0) is 21.3. The SMILES string of the molecule is COc1ccc(NC(=O)C(Cc2ccccc2)NC(=O)N2CCOCC2)c(OC)c1. The number of morpholine rings is 1. The molecule has 0 aromatic heterocycles. The molecule has 3 amide bonds. The van der Waals surface area contributed by atoms with Crippen LogP contribution in [0.1, 0.15) is 5.56 Å². The molecule has 160 valence electrons. The van der Waals surface area contributed by atoms with Crippen molar-refractivity contribution in [2.45, 2.75) is 12.5 Å². The van der Waals surface area contributed by atoms with Gasteiger partial charge in [-0.3, -0.25) is 4.79 Å². The molecule has 2 aromatic rings. The topological polar surface area (TPSA) is 89.1 Å². The Labute approximate surface area is 176 Å². The summed E-state index contributed by atoms with van der Waals surface area (Å²) in [5.74, 6) is 0.760. The van der Waals surface area contributed by atoms with Crippen LogP contribution in [0.3, 0.4) is 0 Å². The van der Waals surface area contributed by atoms with Gasteiger partial charge in [-0.2, -0.15) is 0 Å². The largest absolute Gasteiger partial charge is 0.497 e. The number of nitrogens with zero attached hydrogens (tertiary/aromatic N) is 1. The molecule has 1 aliphatic heterocycles. The zero-order valence-electron chi connectivity index (χ0n) is 17.2. The summed E-state index contributed by atoms with van der Waals surface area (Å²) in [5, 5.41) is 5.73. The summed E-state index contributed by atoms with van der Waals surface area (Å²) in [6.45, 7) is 1.98. The van der Waals surface area contributed by atoms with Crippen LogP contribution in [0, 0.1) is 0 Å². The molecule has 1 aliphatic rings. The number of carbonyl (C=O) groups is 2. The zero-order valence-corrected chi connectivity index (χ0v) is 17.2. The number of hydrogen-bond donors (Lipinski definition) is 2. The first-order chi connectivity index (χ1) is 14.6. The molecule has 2 N–H and O–H groups in total. The van der Waals surface area contributed by atoms with Crippen LogP contribution in [0.15, 0.2) is 48.5 Å². The van der Waals surface area contributed by atoms with E-state index in [-0.39, 0.29) is 11.9 Å². The van der Waals surface area contributed by atoms with Crippen LogP contribution in [-0.2, 0) is 16.0 Å². The van der Waals surface area contributed by atoms with E-state index >= 15 is 0 Å². The van der Waals surface area contributed by atoms with Crippen LogP contribution < -0.4 is 20.1 Å². The Bertz CT molecular complexity index is 853. The first-order valence-electron chi connectivity index (χ1n) is 9.80. The standard InChI is InChI=1S/C22H27N3O5/c1-28-17-8-9-18(20(15-17)29-2)23-21(26)19(14-16-6-4-3-5-7-16)24-22(27)25-10-12-30-13-11-25/h3-9,15,19H,10-14H2,1-2H3,(H,23,26)(H,24,27). The Morgan fingerprint density at radius 1 is 1.07 bits per heavy atom. The van der Waals surface area contributed by atoms with Crippen LogP contribution in [0.4, 0.5) is 10.5 Å². The summed E-state index contributed by atoms with van der Waals surface area (Å²) in [6, 6.07) is 13.7. The van der Waals surface area contributed by atoms with Crippen molar-refractivity contribution >= 4 is 17.6 Å². The molecule has 0 radical (unpaired) electrons. The number of amides is 3. The summed E-state index contributed by atoms with van der Waals surface area (Å²) < 4.78 is 15.9. The number of carbonyl (C=O) groups excluding carboxylic acids is 2. The number of methoxy groups -OCH3 is 2. The second-order valence-electron chi connectivity index (χ2n) is 6.85. The Morgan fingerprint density at radius 3 is 2.47 bits per heavy atom. The van der Waals surface area contributed by atoms with Crippen molar-refractivity contribution in [3.8, 4) is 11.5 Å². The van der Waals surface area contributed by atoms with E-state index < -0.39 is 6.04 Å². The second kappa shape index (κ2) is 10.5. The first-order valence-corrected chi connectivity index (χ1v) is 9.80. The summed E-state index contributed by atoms with van der Waals surface area (Å²) in [6.07, 6.45) is 0.362. The molecule has 8 heteroatoms. The quantitative estimate of drug-likeness (QED) is 0.727. The lowest BCUT2D eigenvalue weighted by atomic mass is 10.1. The van der Waals surface area contributed by atoms with Crippen LogP contribution in [0.25, 0.3) is 0 Å². The fourth-order valence-electron chi connectivity index (χ4n) is 3.19. The van der Waals surface area contributed by atoms with E-state index in [9.17, 15) is 9.59 Å². The molecule has 0 spiro atoms. The van der Waals surface area contributed by atoms with Gasteiger partial charge >= 0.3 is 6.03 Å². The third-order valence-electron chi connectivity index (χ3n) is 4.86. The Kier molecular flexibility index (Phi) is 7.51. The monoisotopic (exact) mass is 413 g/mol. The van der Waals surface area contributed by atoms with Crippen molar-refractivity contribution in [3.05, 3.63) is 54.1 Å². The maximum Gasteiger partial charge on any atom is 0.318 e. The molecule has 1 unspecified atom stereocenters. The Balaban J connectivity index is 1.76. The van der Waals surface area contributed by atoms with Crippen LogP contribution in [-0.4, -0.2) is 63.4 Å². The van der Waals surface area contributed by atoms with Gasteiger partial charge in [-0.25, -0.2) is 4.79 Å². The van der Waals surface area contributed by atoms with Gasteiger partial charge in [0.05, 0.1) is 33.1 Å². The highest BCUT2D eigenvalue weighted by Crippen LogP contribution is 2.29. The summed E-state index contributed by atoms with van der Waals surface area (Å²) in [5.41, 5.74) is 1.45. The molecule has 1 fully saturated rings. The van der Waals surface area contributed by atoms with E-state index in [0.717, 1.165) is 5.56 Å².